The summed E-state index contributed by atoms with van der Waals surface area (Å²) in [6.07, 6.45) is -0.584. The van der Waals surface area contributed by atoms with Crippen molar-refractivity contribution in [3.05, 3.63) is 59.7 Å². The molecular weight excluding hydrogens is 326 g/mol. The van der Waals surface area contributed by atoms with E-state index in [2.05, 4.69) is 50.4 Å². The van der Waals surface area contributed by atoms with Gasteiger partial charge in [-0.15, -0.1) is 0 Å². The van der Waals surface area contributed by atoms with Crippen molar-refractivity contribution in [2.75, 3.05) is 7.11 Å². The highest BCUT2D eigenvalue weighted by atomic mass is 16.5. The van der Waals surface area contributed by atoms with Crippen LogP contribution in [0, 0.1) is 0 Å². The van der Waals surface area contributed by atoms with Crippen molar-refractivity contribution in [3.8, 4) is 11.5 Å². The lowest BCUT2D eigenvalue weighted by atomic mass is 9.86. The molecule has 0 saturated heterocycles. The molecule has 0 spiro atoms. The van der Waals surface area contributed by atoms with Crippen LogP contribution in [0.5, 0.6) is 11.5 Å². The van der Waals surface area contributed by atoms with Gasteiger partial charge in [-0.3, -0.25) is 4.79 Å². The van der Waals surface area contributed by atoms with Gasteiger partial charge in [-0.1, -0.05) is 45.0 Å². The van der Waals surface area contributed by atoms with Gasteiger partial charge in [0.05, 0.1) is 13.2 Å². The van der Waals surface area contributed by atoms with E-state index in [1.165, 1.54) is 5.56 Å². The van der Waals surface area contributed by atoms with Gasteiger partial charge in [-0.05, 0) is 54.7 Å². The zero-order chi connectivity index (χ0) is 19.3. The van der Waals surface area contributed by atoms with Crippen molar-refractivity contribution in [1.82, 2.24) is 5.32 Å². The van der Waals surface area contributed by atoms with E-state index in [4.69, 9.17) is 9.47 Å². The molecule has 26 heavy (non-hydrogen) atoms. The van der Waals surface area contributed by atoms with Crippen molar-refractivity contribution >= 4 is 5.91 Å². The van der Waals surface area contributed by atoms with Crippen LogP contribution < -0.4 is 14.8 Å². The molecule has 0 radical (unpaired) electrons. The highest BCUT2D eigenvalue weighted by Crippen LogP contribution is 2.24. The van der Waals surface area contributed by atoms with E-state index in [1.54, 1.807) is 38.3 Å². The molecule has 0 aliphatic carbocycles. The molecule has 140 valence electrons. The Labute approximate surface area is 156 Å². The quantitative estimate of drug-likeness (QED) is 0.821. The van der Waals surface area contributed by atoms with Gasteiger partial charge in [-0.2, -0.15) is 0 Å². The summed E-state index contributed by atoms with van der Waals surface area (Å²) in [6.45, 7) is 10.3. The molecular formula is C22H29NO3. The molecule has 1 amide bonds. The first-order valence-corrected chi connectivity index (χ1v) is 8.92. The first kappa shape index (κ1) is 19.8. The number of nitrogens with one attached hydrogen (secondary N) is 1. The molecule has 0 aliphatic rings. The summed E-state index contributed by atoms with van der Waals surface area (Å²) in [4.78, 5) is 12.4. The van der Waals surface area contributed by atoms with E-state index < -0.39 is 6.10 Å². The minimum atomic E-state index is -0.584. The van der Waals surface area contributed by atoms with Gasteiger partial charge < -0.3 is 14.8 Å². The number of amides is 1. The van der Waals surface area contributed by atoms with Gasteiger partial charge in [0.15, 0.2) is 6.10 Å². The second-order valence-electron chi connectivity index (χ2n) is 7.54. The molecule has 0 bridgehead atoms. The number of carbonyl (C=O) groups excluding carboxylic acids is 1. The highest BCUT2D eigenvalue weighted by Gasteiger charge is 2.19. The molecule has 2 atom stereocenters. The standard InChI is InChI=1S/C22H29NO3/c1-15(17-7-9-18(10-8-17)22(3,4)5)23-21(24)16(2)26-20-13-11-19(25-6)12-14-20/h7-16H,1-6H3,(H,23,24)/t15-,16+/m0/s1. The van der Waals surface area contributed by atoms with E-state index in [-0.39, 0.29) is 17.4 Å². The van der Waals surface area contributed by atoms with Crippen molar-refractivity contribution in [3.63, 3.8) is 0 Å². The molecule has 4 heteroatoms. The van der Waals surface area contributed by atoms with Gasteiger partial charge >= 0.3 is 0 Å². The van der Waals surface area contributed by atoms with Gasteiger partial charge in [-0.25, -0.2) is 0 Å². The topological polar surface area (TPSA) is 47.6 Å². The maximum absolute atomic E-state index is 12.4. The van der Waals surface area contributed by atoms with Crippen molar-refractivity contribution in [2.24, 2.45) is 0 Å². The molecule has 0 aliphatic heterocycles. The van der Waals surface area contributed by atoms with E-state index >= 15 is 0 Å². The highest BCUT2D eigenvalue weighted by molar-refractivity contribution is 5.81. The van der Waals surface area contributed by atoms with Crippen LogP contribution >= 0.6 is 0 Å². The monoisotopic (exact) mass is 355 g/mol. The molecule has 2 aromatic carbocycles. The Bertz CT molecular complexity index is 715. The minimum absolute atomic E-state index is 0.0848. The predicted molar refractivity (Wildman–Crippen MR) is 105 cm³/mol. The molecule has 2 rings (SSSR count). The zero-order valence-corrected chi connectivity index (χ0v) is 16.5. The summed E-state index contributed by atoms with van der Waals surface area (Å²) in [7, 11) is 1.61. The summed E-state index contributed by atoms with van der Waals surface area (Å²) in [5.74, 6) is 1.24. The Morgan fingerprint density at radius 1 is 0.923 bits per heavy atom. The average molecular weight is 355 g/mol. The molecule has 2 aromatic rings. The van der Waals surface area contributed by atoms with E-state index in [9.17, 15) is 4.79 Å². The first-order chi connectivity index (χ1) is 12.2. The molecule has 0 saturated carbocycles. The lowest BCUT2D eigenvalue weighted by Crippen LogP contribution is -2.37. The van der Waals surface area contributed by atoms with Crippen molar-refractivity contribution < 1.29 is 14.3 Å². The Morgan fingerprint density at radius 3 is 1.96 bits per heavy atom. The third-order valence-electron chi connectivity index (χ3n) is 4.38. The molecule has 4 nitrogen and oxygen atoms in total. The summed E-state index contributed by atoms with van der Waals surface area (Å²) in [6, 6.07) is 15.5. The average Bonchev–Trinajstić information content (AvgIpc) is 2.61. The lowest BCUT2D eigenvalue weighted by molar-refractivity contribution is -0.127. The molecule has 0 fully saturated rings. The fourth-order valence-corrected chi connectivity index (χ4v) is 2.60. The van der Waals surface area contributed by atoms with Crippen LogP contribution in [0.15, 0.2) is 48.5 Å². The third-order valence-corrected chi connectivity index (χ3v) is 4.38. The fraction of sp³-hybridized carbons (Fsp3) is 0.409. The van der Waals surface area contributed by atoms with Gasteiger partial charge in [0.2, 0.25) is 0 Å². The maximum Gasteiger partial charge on any atom is 0.261 e. The maximum atomic E-state index is 12.4. The second kappa shape index (κ2) is 8.26. The number of rotatable bonds is 6. The predicted octanol–water partition coefficient (Wildman–Crippen LogP) is 4.64. The van der Waals surface area contributed by atoms with Crippen LogP contribution in [0.3, 0.4) is 0 Å². The number of methoxy groups -OCH3 is 1. The molecule has 0 heterocycles. The van der Waals surface area contributed by atoms with Crippen LogP contribution in [0.25, 0.3) is 0 Å². The normalized spacial score (nSPS) is 13.6. The van der Waals surface area contributed by atoms with Crippen molar-refractivity contribution in [1.29, 1.82) is 0 Å². The van der Waals surface area contributed by atoms with E-state index in [0.717, 1.165) is 11.3 Å². The van der Waals surface area contributed by atoms with Gasteiger partial charge in [0.1, 0.15) is 11.5 Å². The number of hydrogen-bond acceptors (Lipinski definition) is 3. The van der Waals surface area contributed by atoms with Gasteiger partial charge in [0, 0.05) is 0 Å². The zero-order valence-electron chi connectivity index (χ0n) is 16.5. The Kier molecular flexibility index (Phi) is 6.30. The third kappa shape index (κ3) is 5.25. The van der Waals surface area contributed by atoms with E-state index in [1.807, 2.05) is 6.92 Å². The first-order valence-electron chi connectivity index (χ1n) is 8.92. The van der Waals surface area contributed by atoms with E-state index in [0.29, 0.717) is 5.75 Å². The SMILES string of the molecule is COc1ccc(O[C@H](C)C(=O)N[C@@H](C)c2ccc(C(C)(C)C)cc2)cc1. The fourth-order valence-electron chi connectivity index (χ4n) is 2.60. The smallest absolute Gasteiger partial charge is 0.261 e. The van der Waals surface area contributed by atoms with Crippen molar-refractivity contribution in [2.45, 2.75) is 52.2 Å². The number of ether oxygens (including phenoxy) is 2. The largest absolute Gasteiger partial charge is 0.497 e. The number of carbonyl (C=O) groups is 1. The summed E-state index contributed by atoms with van der Waals surface area (Å²) in [5.41, 5.74) is 2.46. The molecule has 1 N–H and O–H groups in total. The summed E-state index contributed by atoms with van der Waals surface area (Å²) >= 11 is 0. The van der Waals surface area contributed by atoms with Crippen LogP contribution in [0.4, 0.5) is 0 Å². The minimum Gasteiger partial charge on any atom is -0.497 e. The Morgan fingerprint density at radius 2 is 1.46 bits per heavy atom. The Hall–Kier alpha value is -2.49. The van der Waals surface area contributed by atoms with Crippen LogP contribution in [-0.4, -0.2) is 19.1 Å². The van der Waals surface area contributed by atoms with Crippen LogP contribution in [-0.2, 0) is 10.2 Å². The van der Waals surface area contributed by atoms with Gasteiger partial charge in [0.25, 0.3) is 5.91 Å². The summed E-state index contributed by atoms with van der Waals surface area (Å²) < 4.78 is 10.8. The van der Waals surface area contributed by atoms with Crippen LogP contribution in [0.2, 0.25) is 0 Å². The summed E-state index contributed by atoms with van der Waals surface area (Å²) in [5, 5.41) is 3.01. The second-order valence-corrected chi connectivity index (χ2v) is 7.54. The number of benzene rings is 2. The molecule has 0 aromatic heterocycles. The number of hydrogen-bond donors (Lipinski definition) is 1. The Balaban J connectivity index is 1.94. The molecule has 0 unspecified atom stereocenters. The lowest BCUT2D eigenvalue weighted by Gasteiger charge is -2.22. The van der Waals surface area contributed by atoms with Crippen LogP contribution in [0.1, 0.15) is 51.8 Å².